The highest BCUT2D eigenvalue weighted by Crippen LogP contribution is 2.14. The Bertz CT molecular complexity index is 165. The van der Waals surface area contributed by atoms with Crippen LogP contribution >= 0.6 is 0 Å². The van der Waals surface area contributed by atoms with Crippen molar-refractivity contribution in [3.8, 4) is 0 Å². The molecule has 0 bridgehead atoms. The second-order valence-electron chi connectivity index (χ2n) is 4.88. The number of piperidine rings is 1. The fourth-order valence-electron chi connectivity index (χ4n) is 2.09. The van der Waals surface area contributed by atoms with Crippen molar-refractivity contribution < 1.29 is 4.74 Å². The molecule has 3 nitrogen and oxygen atoms in total. The second kappa shape index (κ2) is 6.46. The van der Waals surface area contributed by atoms with Gasteiger partial charge in [-0.3, -0.25) is 4.90 Å². The lowest BCUT2D eigenvalue weighted by Crippen LogP contribution is -2.46. The molecule has 0 saturated carbocycles. The number of nitrogens with one attached hydrogen (secondary N) is 1. The minimum atomic E-state index is 0.492. The van der Waals surface area contributed by atoms with Crippen molar-refractivity contribution in [2.45, 2.75) is 51.8 Å². The van der Waals surface area contributed by atoms with Crippen LogP contribution in [-0.2, 0) is 4.74 Å². The first-order chi connectivity index (χ1) is 7.13. The second-order valence-corrected chi connectivity index (χ2v) is 4.88. The summed E-state index contributed by atoms with van der Waals surface area (Å²) in [6, 6.07) is 1.23. The molecule has 90 valence electrons. The third-order valence-corrected chi connectivity index (χ3v) is 3.25. The summed E-state index contributed by atoms with van der Waals surface area (Å²) in [5.41, 5.74) is 0. The van der Waals surface area contributed by atoms with Gasteiger partial charge in [0.1, 0.15) is 0 Å². The van der Waals surface area contributed by atoms with E-state index in [0.717, 1.165) is 6.54 Å². The molecular formula is C12H26N2O. The molecule has 0 unspecified atom stereocenters. The minimum Gasteiger partial charge on any atom is -0.381 e. The van der Waals surface area contributed by atoms with Gasteiger partial charge in [-0.2, -0.15) is 0 Å². The highest BCUT2D eigenvalue weighted by Gasteiger charge is 2.22. The van der Waals surface area contributed by atoms with E-state index in [2.05, 4.69) is 31.0 Å². The number of nitrogens with zero attached hydrogens (tertiary/aromatic N) is 1. The Morgan fingerprint density at radius 1 is 1.27 bits per heavy atom. The molecule has 0 aliphatic carbocycles. The Morgan fingerprint density at radius 2 is 1.87 bits per heavy atom. The average Bonchev–Trinajstić information content (AvgIpc) is 2.26. The van der Waals surface area contributed by atoms with Gasteiger partial charge in [0.15, 0.2) is 0 Å². The summed E-state index contributed by atoms with van der Waals surface area (Å²) < 4.78 is 5.38. The SMILES string of the molecule is COC1CCN([C@H](C)CNC(C)C)CC1. The van der Waals surface area contributed by atoms with Gasteiger partial charge in [0.2, 0.25) is 0 Å². The molecule has 1 heterocycles. The Labute approximate surface area is 94.2 Å². The molecule has 1 saturated heterocycles. The van der Waals surface area contributed by atoms with Crippen molar-refractivity contribution in [1.29, 1.82) is 0 Å². The van der Waals surface area contributed by atoms with E-state index in [1.807, 2.05) is 7.11 Å². The summed E-state index contributed by atoms with van der Waals surface area (Å²) in [5.74, 6) is 0. The van der Waals surface area contributed by atoms with Gasteiger partial charge in [0.05, 0.1) is 6.10 Å². The van der Waals surface area contributed by atoms with Crippen molar-refractivity contribution in [3.63, 3.8) is 0 Å². The molecule has 15 heavy (non-hydrogen) atoms. The van der Waals surface area contributed by atoms with E-state index >= 15 is 0 Å². The number of rotatable bonds is 5. The zero-order valence-electron chi connectivity index (χ0n) is 10.6. The number of ether oxygens (including phenoxy) is 1. The van der Waals surface area contributed by atoms with Crippen LogP contribution in [0.4, 0.5) is 0 Å². The third kappa shape index (κ3) is 4.49. The normalized spacial score (nSPS) is 22.2. The van der Waals surface area contributed by atoms with Crippen LogP contribution in [0.5, 0.6) is 0 Å². The van der Waals surface area contributed by atoms with E-state index < -0.39 is 0 Å². The Kier molecular flexibility index (Phi) is 5.58. The van der Waals surface area contributed by atoms with Crippen molar-refractivity contribution in [1.82, 2.24) is 10.2 Å². The summed E-state index contributed by atoms with van der Waals surface area (Å²) in [7, 11) is 1.82. The van der Waals surface area contributed by atoms with Crippen LogP contribution in [-0.4, -0.2) is 49.8 Å². The highest BCUT2D eigenvalue weighted by atomic mass is 16.5. The zero-order valence-corrected chi connectivity index (χ0v) is 10.6. The van der Waals surface area contributed by atoms with Gasteiger partial charge in [0, 0.05) is 38.8 Å². The van der Waals surface area contributed by atoms with Crippen LogP contribution in [0.15, 0.2) is 0 Å². The molecule has 0 aromatic rings. The molecule has 1 fully saturated rings. The van der Waals surface area contributed by atoms with E-state index in [1.54, 1.807) is 0 Å². The quantitative estimate of drug-likeness (QED) is 0.750. The largest absolute Gasteiger partial charge is 0.381 e. The van der Waals surface area contributed by atoms with Crippen LogP contribution in [0.25, 0.3) is 0 Å². The van der Waals surface area contributed by atoms with Gasteiger partial charge >= 0.3 is 0 Å². The molecule has 1 rings (SSSR count). The van der Waals surface area contributed by atoms with Gasteiger partial charge in [0.25, 0.3) is 0 Å². The van der Waals surface area contributed by atoms with E-state index in [9.17, 15) is 0 Å². The monoisotopic (exact) mass is 214 g/mol. The number of hydrogen-bond acceptors (Lipinski definition) is 3. The number of likely N-dealkylation sites (tertiary alicyclic amines) is 1. The van der Waals surface area contributed by atoms with Crippen molar-refractivity contribution in [2.24, 2.45) is 0 Å². The molecular weight excluding hydrogens is 188 g/mol. The van der Waals surface area contributed by atoms with Crippen LogP contribution in [0, 0.1) is 0 Å². The number of hydrogen-bond donors (Lipinski definition) is 1. The van der Waals surface area contributed by atoms with Crippen LogP contribution in [0.1, 0.15) is 33.6 Å². The maximum Gasteiger partial charge on any atom is 0.0595 e. The highest BCUT2D eigenvalue weighted by molar-refractivity contribution is 4.77. The molecule has 0 aromatic carbocycles. The predicted molar refractivity (Wildman–Crippen MR) is 64.2 cm³/mol. The lowest BCUT2D eigenvalue weighted by atomic mass is 10.1. The topological polar surface area (TPSA) is 24.5 Å². The fraction of sp³-hybridized carbons (Fsp3) is 1.00. The van der Waals surface area contributed by atoms with Gasteiger partial charge < -0.3 is 10.1 Å². The molecule has 0 amide bonds. The van der Waals surface area contributed by atoms with Crippen LogP contribution in [0.3, 0.4) is 0 Å². The first kappa shape index (κ1) is 12.9. The standard InChI is InChI=1S/C12H26N2O/c1-10(2)13-9-11(3)14-7-5-12(15-4)6-8-14/h10-13H,5-9H2,1-4H3/t11-/m1/s1. The molecule has 1 atom stereocenters. The van der Waals surface area contributed by atoms with Gasteiger partial charge in [-0.15, -0.1) is 0 Å². The van der Waals surface area contributed by atoms with E-state index in [1.165, 1.54) is 25.9 Å². The van der Waals surface area contributed by atoms with Gasteiger partial charge in [-0.25, -0.2) is 0 Å². The molecule has 0 aromatic heterocycles. The molecule has 0 spiro atoms. The Balaban J connectivity index is 2.20. The summed E-state index contributed by atoms with van der Waals surface area (Å²) in [5, 5.41) is 3.49. The smallest absolute Gasteiger partial charge is 0.0595 e. The zero-order chi connectivity index (χ0) is 11.3. The maximum absolute atomic E-state index is 5.38. The van der Waals surface area contributed by atoms with Gasteiger partial charge in [-0.1, -0.05) is 13.8 Å². The maximum atomic E-state index is 5.38. The lowest BCUT2D eigenvalue weighted by molar-refractivity contribution is 0.0295. The van der Waals surface area contributed by atoms with Gasteiger partial charge in [-0.05, 0) is 19.8 Å². The van der Waals surface area contributed by atoms with Crippen molar-refractivity contribution in [2.75, 3.05) is 26.7 Å². The van der Waals surface area contributed by atoms with E-state index in [0.29, 0.717) is 18.2 Å². The molecule has 1 aliphatic rings. The molecule has 1 aliphatic heterocycles. The first-order valence-electron chi connectivity index (χ1n) is 6.13. The number of methoxy groups -OCH3 is 1. The third-order valence-electron chi connectivity index (χ3n) is 3.25. The lowest BCUT2D eigenvalue weighted by Gasteiger charge is -2.35. The summed E-state index contributed by atoms with van der Waals surface area (Å²) in [4.78, 5) is 2.56. The molecule has 3 heteroatoms. The van der Waals surface area contributed by atoms with Crippen molar-refractivity contribution in [3.05, 3.63) is 0 Å². The summed E-state index contributed by atoms with van der Waals surface area (Å²) in [6.07, 6.45) is 2.86. The predicted octanol–water partition coefficient (Wildman–Crippen LogP) is 1.48. The van der Waals surface area contributed by atoms with E-state index in [-0.39, 0.29) is 0 Å². The summed E-state index contributed by atoms with van der Waals surface area (Å²) >= 11 is 0. The minimum absolute atomic E-state index is 0.492. The fourth-order valence-corrected chi connectivity index (χ4v) is 2.09. The Morgan fingerprint density at radius 3 is 2.33 bits per heavy atom. The first-order valence-corrected chi connectivity index (χ1v) is 6.13. The Hall–Kier alpha value is -0.120. The molecule has 0 radical (unpaired) electrons. The van der Waals surface area contributed by atoms with Crippen LogP contribution in [0.2, 0.25) is 0 Å². The summed E-state index contributed by atoms with van der Waals surface area (Å²) in [6.45, 7) is 10.2. The average molecular weight is 214 g/mol. The van der Waals surface area contributed by atoms with Crippen molar-refractivity contribution >= 4 is 0 Å². The molecule has 1 N–H and O–H groups in total. The van der Waals surface area contributed by atoms with E-state index in [4.69, 9.17) is 4.74 Å². The van der Waals surface area contributed by atoms with Crippen LogP contribution < -0.4 is 5.32 Å².